The topological polar surface area (TPSA) is 69.8 Å². The first-order chi connectivity index (χ1) is 12.6. The Morgan fingerprint density at radius 1 is 1.12 bits per heavy atom. The molecule has 0 radical (unpaired) electrons. The van der Waals surface area contributed by atoms with Gasteiger partial charge in [0.05, 0.1) is 0 Å². The van der Waals surface area contributed by atoms with Gasteiger partial charge in [-0.1, -0.05) is 18.2 Å². The van der Waals surface area contributed by atoms with Crippen LogP contribution >= 0.6 is 11.8 Å². The van der Waals surface area contributed by atoms with E-state index in [1.165, 1.54) is 17.7 Å². The molecule has 144 valence electrons. The summed E-state index contributed by atoms with van der Waals surface area (Å²) in [5.74, 6) is 0.965. The van der Waals surface area contributed by atoms with E-state index in [4.69, 9.17) is 10.8 Å². The van der Waals surface area contributed by atoms with Crippen molar-refractivity contribution >= 4 is 17.9 Å². The molecule has 2 fully saturated rings. The number of thioether (sulfide) groups is 1. The third-order valence-corrected chi connectivity index (χ3v) is 7.24. The van der Waals surface area contributed by atoms with Gasteiger partial charge >= 0.3 is 6.09 Å². The van der Waals surface area contributed by atoms with Crippen LogP contribution in [-0.4, -0.2) is 65.5 Å². The van der Waals surface area contributed by atoms with Gasteiger partial charge in [-0.2, -0.15) is 0 Å². The molecule has 1 amide bonds. The van der Waals surface area contributed by atoms with E-state index in [0.29, 0.717) is 18.5 Å². The van der Waals surface area contributed by atoms with Crippen molar-refractivity contribution in [1.82, 2.24) is 9.80 Å². The van der Waals surface area contributed by atoms with Crippen LogP contribution in [0.25, 0.3) is 0 Å². The highest BCUT2D eigenvalue weighted by molar-refractivity contribution is 7.99. The SMILES string of the molecule is NC(CCN1CCC2(CC1)CCN(C(=O)O)CC2)CSc1ccccc1. The first-order valence-corrected chi connectivity index (χ1v) is 10.7. The van der Waals surface area contributed by atoms with E-state index >= 15 is 0 Å². The lowest BCUT2D eigenvalue weighted by atomic mass is 9.71. The summed E-state index contributed by atoms with van der Waals surface area (Å²) in [5.41, 5.74) is 6.69. The lowest BCUT2D eigenvalue weighted by Crippen LogP contribution is -2.48. The fourth-order valence-corrected chi connectivity index (χ4v) is 5.00. The van der Waals surface area contributed by atoms with E-state index in [-0.39, 0.29) is 6.04 Å². The second kappa shape index (κ2) is 9.11. The predicted molar refractivity (Wildman–Crippen MR) is 107 cm³/mol. The van der Waals surface area contributed by atoms with Gasteiger partial charge in [0.25, 0.3) is 0 Å². The van der Waals surface area contributed by atoms with Crippen molar-refractivity contribution in [3.8, 4) is 0 Å². The van der Waals surface area contributed by atoms with Crippen LogP contribution in [0, 0.1) is 5.41 Å². The lowest BCUT2D eigenvalue weighted by molar-refractivity contribution is 0.0358. The molecule has 2 saturated heterocycles. The number of nitrogens with zero attached hydrogens (tertiary/aromatic N) is 2. The van der Waals surface area contributed by atoms with E-state index in [1.807, 2.05) is 17.8 Å². The summed E-state index contributed by atoms with van der Waals surface area (Å²) in [6, 6.07) is 10.7. The number of hydrogen-bond acceptors (Lipinski definition) is 4. The average Bonchev–Trinajstić information content (AvgIpc) is 2.67. The molecule has 1 unspecified atom stereocenters. The summed E-state index contributed by atoms with van der Waals surface area (Å²) >= 11 is 1.84. The van der Waals surface area contributed by atoms with Gasteiger partial charge in [-0.05, 0) is 69.3 Å². The van der Waals surface area contributed by atoms with Gasteiger partial charge in [-0.25, -0.2) is 4.79 Å². The van der Waals surface area contributed by atoms with E-state index in [0.717, 1.165) is 44.6 Å². The normalized spacial score (nSPS) is 21.7. The van der Waals surface area contributed by atoms with Gasteiger partial charge in [0.15, 0.2) is 0 Å². The lowest BCUT2D eigenvalue weighted by Gasteiger charge is -2.46. The average molecular weight is 378 g/mol. The van der Waals surface area contributed by atoms with Crippen molar-refractivity contribution in [2.75, 3.05) is 38.5 Å². The molecule has 1 spiro atoms. The molecule has 0 saturated carbocycles. The van der Waals surface area contributed by atoms with Crippen LogP contribution in [0.2, 0.25) is 0 Å². The molecular formula is C20H31N3O2S. The predicted octanol–water partition coefficient (Wildman–Crippen LogP) is 3.35. The Balaban J connectivity index is 1.33. The molecule has 26 heavy (non-hydrogen) atoms. The third-order valence-electron chi connectivity index (χ3n) is 6.03. The Hall–Kier alpha value is -1.24. The number of hydrogen-bond donors (Lipinski definition) is 2. The van der Waals surface area contributed by atoms with Crippen molar-refractivity contribution in [2.45, 2.75) is 43.0 Å². The zero-order chi connectivity index (χ0) is 18.4. The molecule has 1 atom stereocenters. The molecule has 6 heteroatoms. The quantitative estimate of drug-likeness (QED) is 0.744. The van der Waals surface area contributed by atoms with Crippen LogP contribution < -0.4 is 5.73 Å². The molecular weight excluding hydrogens is 346 g/mol. The van der Waals surface area contributed by atoms with E-state index in [9.17, 15) is 4.79 Å². The van der Waals surface area contributed by atoms with Gasteiger partial charge in [0.2, 0.25) is 0 Å². The van der Waals surface area contributed by atoms with Crippen molar-refractivity contribution < 1.29 is 9.90 Å². The number of nitrogens with two attached hydrogens (primary N) is 1. The van der Waals surface area contributed by atoms with Gasteiger partial charge in [0, 0.05) is 29.8 Å². The van der Waals surface area contributed by atoms with E-state index in [2.05, 4.69) is 29.2 Å². The number of likely N-dealkylation sites (tertiary alicyclic amines) is 2. The highest BCUT2D eigenvalue weighted by atomic mass is 32.2. The number of benzene rings is 1. The minimum Gasteiger partial charge on any atom is -0.465 e. The van der Waals surface area contributed by atoms with Crippen LogP contribution in [-0.2, 0) is 0 Å². The maximum Gasteiger partial charge on any atom is 0.407 e. The van der Waals surface area contributed by atoms with Crippen molar-refractivity contribution in [3.63, 3.8) is 0 Å². The van der Waals surface area contributed by atoms with Crippen LogP contribution in [0.15, 0.2) is 35.2 Å². The highest BCUT2D eigenvalue weighted by Gasteiger charge is 2.38. The number of carbonyl (C=O) groups is 1. The van der Waals surface area contributed by atoms with E-state index in [1.54, 1.807) is 4.90 Å². The molecule has 2 aliphatic heterocycles. The monoisotopic (exact) mass is 377 g/mol. The fraction of sp³-hybridized carbons (Fsp3) is 0.650. The Bertz CT molecular complexity index is 566. The number of amides is 1. The summed E-state index contributed by atoms with van der Waals surface area (Å²) in [4.78, 5) is 16.5. The zero-order valence-electron chi connectivity index (χ0n) is 15.5. The number of rotatable bonds is 6. The third kappa shape index (κ3) is 5.38. The second-order valence-corrected chi connectivity index (χ2v) is 8.88. The Morgan fingerprint density at radius 3 is 2.35 bits per heavy atom. The molecule has 2 aliphatic rings. The molecule has 1 aromatic rings. The summed E-state index contributed by atoms with van der Waals surface area (Å²) < 4.78 is 0. The summed E-state index contributed by atoms with van der Waals surface area (Å²) in [6.45, 7) is 4.75. The summed E-state index contributed by atoms with van der Waals surface area (Å²) in [5, 5.41) is 9.11. The Kier molecular flexibility index (Phi) is 6.84. The zero-order valence-corrected chi connectivity index (χ0v) is 16.3. The molecule has 0 aliphatic carbocycles. The summed E-state index contributed by atoms with van der Waals surface area (Å²) in [7, 11) is 0. The Labute approximate surface area is 160 Å². The largest absolute Gasteiger partial charge is 0.465 e. The van der Waals surface area contributed by atoms with Crippen molar-refractivity contribution in [2.24, 2.45) is 11.1 Å². The maximum atomic E-state index is 11.1. The number of carboxylic acid groups (broad SMARTS) is 1. The van der Waals surface area contributed by atoms with Gasteiger partial charge < -0.3 is 20.6 Å². The fourth-order valence-electron chi connectivity index (χ4n) is 4.08. The first kappa shape index (κ1) is 19.5. The molecule has 3 N–H and O–H groups in total. The molecule has 2 heterocycles. The van der Waals surface area contributed by atoms with E-state index < -0.39 is 6.09 Å². The van der Waals surface area contributed by atoms with Gasteiger partial charge in [-0.3, -0.25) is 0 Å². The van der Waals surface area contributed by atoms with Crippen LogP contribution in [0.5, 0.6) is 0 Å². The summed E-state index contributed by atoms with van der Waals surface area (Å²) in [6.07, 6.45) is 4.74. The maximum absolute atomic E-state index is 11.1. The highest BCUT2D eigenvalue weighted by Crippen LogP contribution is 2.41. The van der Waals surface area contributed by atoms with Crippen molar-refractivity contribution in [3.05, 3.63) is 30.3 Å². The van der Waals surface area contributed by atoms with Gasteiger partial charge in [-0.15, -0.1) is 11.8 Å². The smallest absolute Gasteiger partial charge is 0.407 e. The van der Waals surface area contributed by atoms with Crippen molar-refractivity contribution in [1.29, 1.82) is 0 Å². The van der Waals surface area contributed by atoms with Crippen LogP contribution in [0.3, 0.4) is 0 Å². The molecule has 5 nitrogen and oxygen atoms in total. The number of piperidine rings is 2. The Morgan fingerprint density at radius 2 is 1.73 bits per heavy atom. The van der Waals surface area contributed by atoms with Crippen LogP contribution in [0.4, 0.5) is 4.79 Å². The molecule has 0 aromatic heterocycles. The second-order valence-electron chi connectivity index (χ2n) is 7.78. The van der Waals surface area contributed by atoms with Crippen LogP contribution in [0.1, 0.15) is 32.1 Å². The minimum atomic E-state index is -0.764. The molecule has 1 aromatic carbocycles. The molecule has 0 bridgehead atoms. The minimum absolute atomic E-state index is 0.231. The first-order valence-electron chi connectivity index (χ1n) is 9.70. The molecule has 3 rings (SSSR count). The standard InChI is InChI=1S/C20H31N3O2S/c21-17(16-26-18-4-2-1-3-5-18)6-11-22-12-7-20(8-13-22)9-14-23(15-10-20)19(24)25/h1-5,17H,6-16,21H2,(H,24,25). The van der Waals surface area contributed by atoms with Gasteiger partial charge in [0.1, 0.15) is 0 Å².